The van der Waals surface area contributed by atoms with Crippen molar-refractivity contribution in [1.82, 2.24) is 5.16 Å². The number of para-hydroxylation sites is 1. The number of hydrogen-bond donors (Lipinski definition) is 2. The van der Waals surface area contributed by atoms with Crippen LogP contribution >= 0.6 is 0 Å². The van der Waals surface area contributed by atoms with E-state index in [-0.39, 0.29) is 10.7 Å². The average molecular weight is 329 g/mol. The quantitative estimate of drug-likeness (QED) is 0.717. The van der Waals surface area contributed by atoms with Crippen LogP contribution in [0.1, 0.15) is 5.76 Å². The fraction of sp³-hybridized carbons (Fsp3) is 0.0625. The van der Waals surface area contributed by atoms with E-state index in [1.54, 1.807) is 25.1 Å². The lowest BCUT2D eigenvalue weighted by Gasteiger charge is -2.08. The van der Waals surface area contributed by atoms with Gasteiger partial charge in [-0.2, -0.15) is 0 Å². The van der Waals surface area contributed by atoms with E-state index in [1.807, 2.05) is 18.2 Å². The second-order valence-corrected chi connectivity index (χ2v) is 6.72. The van der Waals surface area contributed by atoms with Crippen molar-refractivity contribution in [3.05, 3.63) is 60.4 Å². The lowest BCUT2D eigenvalue weighted by atomic mass is 10.0. The number of rotatable bonds is 4. The van der Waals surface area contributed by atoms with Crippen molar-refractivity contribution in [3.63, 3.8) is 0 Å². The lowest BCUT2D eigenvalue weighted by Crippen LogP contribution is -2.13. The van der Waals surface area contributed by atoms with Crippen molar-refractivity contribution >= 4 is 21.5 Å². The highest BCUT2D eigenvalue weighted by Crippen LogP contribution is 2.26. The summed E-state index contributed by atoms with van der Waals surface area (Å²) in [6.45, 7) is 1.68. The van der Waals surface area contributed by atoms with Crippen LogP contribution in [0.3, 0.4) is 0 Å². The summed E-state index contributed by atoms with van der Waals surface area (Å²) < 4.78 is 31.8. The number of hydrogen-bond acceptors (Lipinski definition) is 5. The molecule has 7 heteroatoms. The molecule has 2 aromatic carbocycles. The Morgan fingerprint density at radius 1 is 1.09 bits per heavy atom. The molecule has 3 N–H and O–H groups in total. The standard InChI is InChI=1S/C16H15N3O3S/c1-11-10-16(18-22-11)19-23(20,21)13-8-6-12(7-9-13)14-4-2-3-5-15(14)17/h2-10H,17H2,1H3,(H,18,19). The van der Waals surface area contributed by atoms with Crippen LogP contribution in [0.25, 0.3) is 11.1 Å². The molecule has 3 rings (SSSR count). The molecule has 0 radical (unpaired) electrons. The minimum absolute atomic E-state index is 0.136. The fourth-order valence-electron chi connectivity index (χ4n) is 2.18. The van der Waals surface area contributed by atoms with Crippen LogP contribution in [0.2, 0.25) is 0 Å². The molecule has 6 nitrogen and oxygen atoms in total. The molecular formula is C16H15N3O3S. The van der Waals surface area contributed by atoms with Gasteiger partial charge in [0.1, 0.15) is 5.76 Å². The second-order valence-electron chi connectivity index (χ2n) is 5.04. The Hall–Kier alpha value is -2.80. The molecule has 0 saturated carbocycles. The summed E-state index contributed by atoms with van der Waals surface area (Å²) >= 11 is 0. The van der Waals surface area contributed by atoms with Crippen LogP contribution in [0.5, 0.6) is 0 Å². The van der Waals surface area contributed by atoms with E-state index in [0.717, 1.165) is 11.1 Å². The summed E-state index contributed by atoms with van der Waals surface area (Å²) in [6, 6.07) is 15.4. The van der Waals surface area contributed by atoms with Crippen LogP contribution in [0, 0.1) is 6.92 Å². The molecule has 0 amide bonds. The maximum absolute atomic E-state index is 12.3. The van der Waals surface area contributed by atoms with E-state index < -0.39 is 10.0 Å². The molecule has 3 aromatic rings. The van der Waals surface area contributed by atoms with Gasteiger partial charge in [0, 0.05) is 17.3 Å². The van der Waals surface area contributed by atoms with E-state index in [9.17, 15) is 8.42 Å². The number of nitrogens with zero attached hydrogens (tertiary/aromatic N) is 1. The van der Waals surface area contributed by atoms with Gasteiger partial charge in [-0.25, -0.2) is 8.42 Å². The van der Waals surface area contributed by atoms with E-state index in [2.05, 4.69) is 9.88 Å². The Balaban J connectivity index is 1.88. The summed E-state index contributed by atoms with van der Waals surface area (Å²) in [5, 5.41) is 3.62. The lowest BCUT2D eigenvalue weighted by molar-refractivity contribution is 0.400. The van der Waals surface area contributed by atoms with Crippen molar-refractivity contribution in [1.29, 1.82) is 0 Å². The van der Waals surface area contributed by atoms with Gasteiger partial charge >= 0.3 is 0 Å². The summed E-state index contributed by atoms with van der Waals surface area (Å²) in [5.74, 6) is 0.677. The predicted octanol–water partition coefficient (Wildman–Crippen LogP) is 3.03. The molecule has 0 aliphatic heterocycles. The van der Waals surface area contributed by atoms with Crippen molar-refractivity contribution < 1.29 is 12.9 Å². The highest BCUT2D eigenvalue weighted by Gasteiger charge is 2.16. The minimum Gasteiger partial charge on any atom is -0.398 e. The van der Waals surface area contributed by atoms with E-state index >= 15 is 0 Å². The Morgan fingerprint density at radius 3 is 2.39 bits per heavy atom. The first kappa shape index (κ1) is 15.1. The minimum atomic E-state index is -3.71. The van der Waals surface area contributed by atoms with Crippen molar-refractivity contribution in [3.8, 4) is 11.1 Å². The number of nitrogens with one attached hydrogen (secondary N) is 1. The number of aryl methyl sites for hydroxylation is 1. The van der Waals surface area contributed by atoms with Crippen LogP contribution in [0.4, 0.5) is 11.5 Å². The third-order valence-corrected chi connectivity index (χ3v) is 4.67. The molecule has 0 unspecified atom stereocenters. The van der Waals surface area contributed by atoms with Crippen LogP contribution < -0.4 is 10.5 Å². The van der Waals surface area contributed by atoms with Gasteiger partial charge < -0.3 is 10.3 Å². The number of nitrogen functional groups attached to an aromatic ring is 1. The third-order valence-electron chi connectivity index (χ3n) is 3.30. The van der Waals surface area contributed by atoms with Gasteiger partial charge in [-0.3, -0.25) is 4.72 Å². The van der Waals surface area contributed by atoms with Crippen molar-refractivity contribution in [2.75, 3.05) is 10.5 Å². The van der Waals surface area contributed by atoms with Gasteiger partial charge in [-0.05, 0) is 30.7 Å². The topological polar surface area (TPSA) is 98.2 Å². The first-order chi connectivity index (χ1) is 11.0. The van der Waals surface area contributed by atoms with E-state index in [4.69, 9.17) is 10.3 Å². The average Bonchev–Trinajstić information content (AvgIpc) is 2.92. The van der Waals surface area contributed by atoms with Gasteiger partial charge in [0.25, 0.3) is 10.0 Å². The van der Waals surface area contributed by atoms with Crippen molar-refractivity contribution in [2.45, 2.75) is 11.8 Å². The van der Waals surface area contributed by atoms with E-state index in [0.29, 0.717) is 11.4 Å². The molecular weight excluding hydrogens is 314 g/mol. The van der Waals surface area contributed by atoms with Crippen LogP contribution in [-0.2, 0) is 10.0 Å². The van der Waals surface area contributed by atoms with Crippen LogP contribution in [0.15, 0.2) is 64.0 Å². The zero-order chi connectivity index (χ0) is 16.4. The second kappa shape index (κ2) is 5.77. The number of sulfonamides is 1. The molecule has 0 fully saturated rings. The molecule has 1 aromatic heterocycles. The molecule has 0 aliphatic rings. The Labute approximate surface area is 134 Å². The highest BCUT2D eigenvalue weighted by molar-refractivity contribution is 7.92. The normalized spacial score (nSPS) is 11.3. The Morgan fingerprint density at radius 2 is 1.78 bits per heavy atom. The summed E-state index contributed by atoms with van der Waals surface area (Å²) in [5.41, 5.74) is 8.27. The van der Waals surface area contributed by atoms with E-state index in [1.165, 1.54) is 18.2 Å². The zero-order valence-electron chi connectivity index (χ0n) is 12.4. The highest BCUT2D eigenvalue weighted by atomic mass is 32.2. The molecule has 0 bridgehead atoms. The number of nitrogens with two attached hydrogens (primary N) is 1. The molecule has 0 saturated heterocycles. The zero-order valence-corrected chi connectivity index (χ0v) is 13.2. The maximum atomic E-state index is 12.3. The number of aromatic nitrogens is 1. The summed E-state index contributed by atoms with van der Waals surface area (Å²) in [7, 11) is -3.71. The van der Waals surface area contributed by atoms with Gasteiger partial charge in [0.15, 0.2) is 5.82 Å². The molecule has 0 atom stereocenters. The first-order valence-electron chi connectivity index (χ1n) is 6.87. The van der Waals surface area contributed by atoms with Crippen LogP contribution in [-0.4, -0.2) is 13.6 Å². The van der Waals surface area contributed by atoms with Gasteiger partial charge in [-0.15, -0.1) is 0 Å². The predicted molar refractivity (Wildman–Crippen MR) is 88.3 cm³/mol. The molecule has 23 heavy (non-hydrogen) atoms. The molecule has 118 valence electrons. The maximum Gasteiger partial charge on any atom is 0.263 e. The molecule has 0 aliphatic carbocycles. The van der Waals surface area contributed by atoms with Gasteiger partial charge in [-0.1, -0.05) is 35.5 Å². The first-order valence-corrected chi connectivity index (χ1v) is 8.35. The number of benzene rings is 2. The monoisotopic (exact) mass is 329 g/mol. The summed E-state index contributed by atoms with van der Waals surface area (Å²) in [6.07, 6.45) is 0. The Bertz CT molecular complexity index is 931. The summed E-state index contributed by atoms with van der Waals surface area (Å²) in [4.78, 5) is 0.136. The van der Waals surface area contributed by atoms with Crippen molar-refractivity contribution in [2.24, 2.45) is 0 Å². The van der Waals surface area contributed by atoms with Gasteiger partial charge in [0.05, 0.1) is 4.90 Å². The molecule has 1 heterocycles. The third kappa shape index (κ3) is 3.19. The van der Waals surface area contributed by atoms with Gasteiger partial charge in [0.2, 0.25) is 0 Å². The number of anilines is 2. The Kier molecular flexibility index (Phi) is 3.79. The molecule has 0 spiro atoms. The smallest absolute Gasteiger partial charge is 0.263 e. The fourth-order valence-corrected chi connectivity index (χ4v) is 3.17. The SMILES string of the molecule is Cc1cc(NS(=O)(=O)c2ccc(-c3ccccc3N)cc2)no1. The largest absolute Gasteiger partial charge is 0.398 e.